The molecule has 1 aliphatic rings. The summed E-state index contributed by atoms with van der Waals surface area (Å²) in [4.78, 5) is 12.5. The standard InChI is InChI=1S/C18H22O2/c1-2-5-13-8-10-14(11-9-13)18(19)17-12-15-6-3-4-7-16(15)20-17/h3-4,6-7,12-14H,2,5,8-11H2,1H3. The lowest BCUT2D eigenvalue weighted by Crippen LogP contribution is -2.21. The van der Waals surface area contributed by atoms with Gasteiger partial charge in [-0.05, 0) is 43.7 Å². The van der Waals surface area contributed by atoms with E-state index in [9.17, 15) is 4.79 Å². The molecule has 1 heterocycles. The van der Waals surface area contributed by atoms with E-state index >= 15 is 0 Å². The first-order valence-electron chi connectivity index (χ1n) is 7.80. The van der Waals surface area contributed by atoms with Gasteiger partial charge in [0.1, 0.15) is 5.58 Å². The van der Waals surface area contributed by atoms with Crippen LogP contribution in [0.3, 0.4) is 0 Å². The fourth-order valence-electron chi connectivity index (χ4n) is 3.43. The average molecular weight is 270 g/mol. The number of carbonyl (C=O) groups excluding carboxylic acids is 1. The van der Waals surface area contributed by atoms with Crippen LogP contribution in [0.4, 0.5) is 0 Å². The Morgan fingerprint density at radius 2 is 1.95 bits per heavy atom. The molecule has 3 rings (SSSR count). The van der Waals surface area contributed by atoms with Crippen molar-refractivity contribution in [1.29, 1.82) is 0 Å². The van der Waals surface area contributed by atoms with Gasteiger partial charge in [0.15, 0.2) is 5.76 Å². The maximum atomic E-state index is 12.5. The normalized spacial score (nSPS) is 23.1. The first-order chi connectivity index (χ1) is 9.78. The molecule has 1 fully saturated rings. The third-order valence-corrected chi connectivity index (χ3v) is 4.58. The number of benzene rings is 1. The largest absolute Gasteiger partial charge is 0.453 e. The fourth-order valence-corrected chi connectivity index (χ4v) is 3.43. The van der Waals surface area contributed by atoms with Crippen LogP contribution >= 0.6 is 0 Å². The van der Waals surface area contributed by atoms with Gasteiger partial charge in [0.05, 0.1) is 0 Å². The Bertz CT molecular complexity index is 555. The van der Waals surface area contributed by atoms with Crippen molar-refractivity contribution in [3.05, 3.63) is 36.1 Å². The molecule has 2 heteroatoms. The van der Waals surface area contributed by atoms with Crippen molar-refractivity contribution in [3.63, 3.8) is 0 Å². The lowest BCUT2D eigenvalue weighted by Gasteiger charge is -2.26. The van der Waals surface area contributed by atoms with Crippen molar-refractivity contribution in [2.75, 3.05) is 0 Å². The molecular formula is C18H22O2. The number of rotatable bonds is 4. The Morgan fingerprint density at radius 3 is 2.65 bits per heavy atom. The highest BCUT2D eigenvalue weighted by molar-refractivity contribution is 5.99. The van der Waals surface area contributed by atoms with Gasteiger partial charge in [-0.3, -0.25) is 4.79 Å². The minimum absolute atomic E-state index is 0.170. The predicted molar refractivity (Wildman–Crippen MR) is 80.9 cm³/mol. The summed E-state index contributed by atoms with van der Waals surface area (Å²) in [5, 5.41) is 1.02. The predicted octanol–water partition coefficient (Wildman–Crippen LogP) is 5.22. The Morgan fingerprint density at radius 1 is 1.20 bits per heavy atom. The van der Waals surface area contributed by atoms with Gasteiger partial charge in [0.25, 0.3) is 0 Å². The van der Waals surface area contributed by atoms with Gasteiger partial charge < -0.3 is 4.42 Å². The van der Waals surface area contributed by atoms with E-state index in [0.29, 0.717) is 5.76 Å². The molecule has 0 N–H and O–H groups in total. The molecule has 106 valence electrons. The molecule has 0 unspecified atom stereocenters. The molecule has 0 amide bonds. The fraction of sp³-hybridized carbons (Fsp3) is 0.500. The van der Waals surface area contributed by atoms with Crippen LogP contribution in [0.2, 0.25) is 0 Å². The van der Waals surface area contributed by atoms with Crippen LogP contribution in [-0.2, 0) is 0 Å². The summed E-state index contributed by atoms with van der Waals surface area (Å²) >= 11 is 0. The first-order valence-corrected chi connectivity index (χ1v) is 7.80. The van der Waals surface area contributed by atoms with Crippen molar-refractivity contribution in [2.24, 2.45) is 11.8 Å². The highest BCUT2D eigenvalue weighted by atomic mass is 16.3. The van der Waals surface area contributed by atoms with Crippen molar-refractivity contribution in [2.45, 2.75) is 45.4 Å². The van der Waals surface area contributed by atoms with Gasteiger partial charge in [-0.25, -0.2) is 0 Å². The molecule has 0 bridgehead atoms. The molecule has 1 aromatic heterocycles. The highest BCUT2D eigenvalue weighted by Crippen LogP contribution is 2.34. The van der Waals surface area contributed by atoms with E-state index in [-0.39, 0.29) is 11.7 Å². The molecule has 0 atom stereocenters. The van der Waals surface area contributed by atoms with E-state index in [1.165, 1.54) is 25.7 Å². The Kier molecular flexibility index (Phi) is 3.90. The monoisotopic (exact) mass is 270 g/mol. The maximum absolute atomic E-state index is 12.5. The third-order valence-electron chi connectivity index (χ3n) is 4.58. The van der Waals surface area contributed by atoms with Crippen molar-refractivity contribution < 1.29 is 9.21 Å². The van der Waals surface area contributed by atoms with Gasteiger partial charge >= 0.3 is 0 Å². The summed E-state index contributed by atoms with van der Waals surface area (Å²) in [7, 11) is 0. The maximum Gasteiger partial charge on any atom is 0.201 e. The van der Waals surface area contributed by atoms with E-state index in [1.54, 1.807) is 0 Å². The minimum atomic E-state index is 0.170. The molecule has 1 aliphatic carbocycles. The topological polar surface area (TPSA) is 30.2 Å². The minimum Gasteiger partial charge on any atom is -0.453 e. The molecule has 0 saturated heterocycles. The summed E-state index contributed by atoms with van der Waals surface area (Å²) in [5.74, 6) is 1.75. The third kappa shape index (κ3) is 2.65. The van der Waals surface area contributed by atoms with E-state index in [1.807, 2.05) is 30.3 Å². The van der Waals surface area contributed by atoms with Crippen LogP contribution in [0.15, 0.2) is 34.7 Å². The van der Waals surface area contributed by atoms with Crippen LogP contribution < -0.4 is 0 Å². The van der Waals surface area contributed by atoms with E-state index in [0.717, 1.165) is 29.7 Å². The van der Waals surface area contributed by atoms with Crippen molar-refractivity contribution >= 4 is 16.8 Å². The second-order valence-electron chi connectivity index (χ2n) is 6.02. The zero-order chi connectivity index (χ0) is 13.9. The van der Waals surface area contributed by atoms with E-state index in [2.05, 4.69) is 6.92 Å². The van der Waals surface area contributed by atoms with E-state index < -0.39 is 0 Å². The van der Waals surface area contributed by atoms with Crippen molar-refractivity contribution in [3.8, 4) is 0 Å². The van der Waals surface area contributed by atoms with Gasteiger partial charge in [0.2, 0.25) is 5.78 Å². The van der Waals surface area contributed by atoms with Gasteiger partial charge in [-0.15, -0.1) is 0 Å². The summed E-state index contributed by atoms with van der Waals surface area (Å²) in [6.07, 6.45) is 7.02. The van der Waals surface area contributed by atoms with E-state index in [4.69, 9.17) is 4.42 Å². The van der Waals surface area contributed by atoms with Crippen molar-refractivity contribution in [1.82, 2.24) is 0 Å². The number of ketones is 1. The number of fused-ring (bicyclic) bond motifs is 1. The van der Waals surface area contributed by atoms with Crippen LogP contribution in [0.1, 0.15) is 56.0 Å². The van der Waals surface area contributed by atoms with Gasteiger partial charge in [0, 0.05) is 11.3 Å². The second-order valence-corrected chi connectivity index (χ2v) is 6.02. The summed E-state index contributed by atoms with van der Waals surface area (Å²) < 4.78 is 5.71. The Balaban J connectivity index is 1.70. The first kappa shape index (κ1) is 13.4. The quantitative estimate of drug-likeness (QED) is 0.713. The molecular weight excluding hydrogens is 248 g/mol. The lowest BCUT2D eigenvalue weighted by atomic mass is 9.78. The molecule has 2 nitrogen and oxygen atoms in total. The summed E-state index contributed by atoms with van der Waals surface area (Å²) in [5.41, 5.74) is 0.815. The molecule has 1 saturated carbocycles. The van der Waals surface area contributed by atoms with Gasteiger partial charge in [-0.1, -0.05) is 38.0 Å². The Hall–Kier alpha value is -1.57. The number of para-hydroxylation sites is 1. The SMILES string of the molecule is CCCC1CCC(C(=O)c2cc3ccccc3o2)CC1. The number of carbonyl (C=O) groups is 1. The summed E-state index contributed by atoms with van der Waals surface area (Å²) in [6, 6.07) is 9.73. The second kappa shape index (κ2) is 5.82. The Labute approximate surface area is 120 Å². The lowest BCUT2D eigenvalue weighted by molar-refractivity contribution is 0.0843. The number of Topliss-reactive ketones (excluding diaryl/α,β-unsaturated/α-hetero) is 1. The van der Waals surface area contributed by atoms with Crippen LogP contribution in [0.25, 0.3) is 11.0 Å². The molecule has 0 radical (unpaired) electrons. The molecule has 20 heavy (non-hydrogen) atoms. The molecule has 0 aliphatic heterocycles. The number of hydrogen-bond donors (Lipinski definition) is 0. The number of hydrogen-bond acceptors (Lipinski definition) is 2. The van der Waals surface area contributed by atoms with Crippen LogP contribution in [0.5, 0.6) is 0 Å². The van der Waals surface area contributed by atoms with Crippen LogP contribution in [0, 0.1) is 11.8 Å². The molecule has 0 spiro atoms. The molecule has 2 aromatic rings. The summed E-state index contributed by atoms with van der Waals surface area (Å²) in [6.45, 7) is 2.24. The zero-order valence-electron chi connectivity index (χ0n) is 12.1. The smallest absolute Gasteiger partial charge is 0.201 e. The molecule has 1 aromatic carbocycles. The van der Waals surface area contributed by atoms with Crippen LogP contribution in [-0.4, -0.2) is 5.78 Å². The highest BCUT2D eigenvalue weighted by Gasteiger charge is 2.28. The average Bonchev–Trinajstić information content (AvgIpc) is 2.91. The zero-order valence-corrected chi connectivity index (χ0v) is 12.1. The van der Waals surface area contributed by atoms with Gasteiger partial charge in [-0.2, -0.15) is 0 Å². The number of furan rings is 1.